The lowest BCUT2D eigenvalue weighted by Gasteiger charge is -2.24. The molecule has 1 heterocycles. The van der Waals surface area contributed by atoms with Gasteiger partial charge < -0.3 is 20.8 Å². The van der Waals surface area contributed by atoms with Crippen LogP contribution in [0.5, 0.6) is 0 Å². The van der Waals surface area contributed by atoms with E-state index in [1.807, 2.05) is 0 Å². The Morgan fingerprint density at radius 2 is 2.06 bits per heavy atom. The van der Waals surface area contributed by atoms with Gasteiger partial charge in [0.25, 0.3) is 0 Å². The number of hydrogen-bond acceptors (Lipinski definition) is 5. The molecule has 1 saturated heterocycles. The zero-order chi connectivity index (χ0) is 13.7. The monoisotopic (exact) mass is 259 g/mol. The van der Waals surface area contributed by atoms with Gasteiger partial charge in [-0.3, -0.25) is 19.7 Å². The summed E-state index contributed by atoms with van der Waals surface area (Å²) in [6.45, 7) is -0.0150. The molecule has 2 atom stereocenters. The summed E-state index contributed by atoms with van der Waals surface area (Å²) in [4.78, 5) is 43.6. The van der Waals surface area contributed by atoms with Crippen molar-refractivity contribution < 1.29 is 29.4 Å². The lowest BCUT2D eigenvalue weighted by Crippen LogP contribution is -2.59. The highest BCUT2D eigenvalue weighted by atomic mass is 16.4. The molecule has 0 spiro atoms. The van der Waals surface area contributed by atoms with Crippen molar-refractivity contribution in [3.63, 3.8) is 0 Å². The van der Waals surface area contributed by atoms with Crippen LogP contribution < -0.4 is 16.0 Å². The molecule has 100 valence electrons. The van der Waals surface area contributed by atoms with E-state index in [0.717, 1.165) is 0 Å². The molecule has 0 saturated carbocycles. The maximum Gasteiger partial charge on any atom is 0.326 e. The van der Waals surface area contributed by atoms with Crippen molar-refractivity contribution in [1.82, 2.24) is 16.0 Å². The maximum absolute atomic E-state index is 11.6. The van der Waals surface area contributed by atoms with Crippen LogP contribution in [0.4, 0.5) is 0 Å². The molecule has 1 aliphatic rings. The third-order valence-electron chi connectivity index (χ3n) is 2.32. The number of carboxylic acid groups (broad SMARTS) is 2. The van der Waals surface area contributed by atoms with Gasteiger partial charge in [-0.1, -0.05) is 0 Å². The SMILES string of the molecule is O=C(O)CC(NC(=O)C1CNC(=O)CN1)C(=O)O. The van der Waals surface area contributed by atoms with Crippen LogP contribution in [-0.2, 0) is 19.2 Å². The van der Waals surface area contributed by atoms with E-state index in [2.05, 4.69) is 16.0 Å². The molecule has 2 unspecified atom stereocenters. The predicted molar refractivity (Wildman–Crippen MR) is 56.6 cm³/mol. The molecule has 9 nitrogen and oxygen atoms in total. The summed E-state index contributed by atoms with van der Waals surface area (Å²) in [5, 5.41) is 24.4. The Bertz CT molecular complexity index is 372. The largest absolute Gasteiger partial charge is 0.481 e. The zero-order valence-corrected chi connectivity index (χ0v) is 9.30. The number of rotatable bonds is 5. The van der Waals surface area contributed by atoms with Crippen molar-refractivity contribution in [1.29, 1.82) is 0 Å². The minimum absolute atomic E-state index is 0.0318. The quantitative estimate of drug-likeness (QED) is 0.356. The standard InChI is InChI=1S/C9H13N3O6/c13-6-3-10-5(2-11-6)8(16)12-4(9(17)18)1-7(14)15/h4-5,10H,1-3H2,(H,11,13)(H,12,16)(H,14,15)(H,17,18). The van der Waals surface area contributed by atoms with Crippen LogP contribution >= 0.6 is 0 Å². The van der Waals surface area contributed by atoms with Gasteiger partial charge in [-0.05, 0) is 0 Å². The molecule has 5 N–H and O–H groups in total. The minimum Gasteiger partial charge on any atom is -0.481 e. The average Bonchev–Trinajstić information content (AvgIpc) is 2.28. The van der Waals surface area contributed by atoms with Crippen molar-refractivity contribution >= 4 is 23.8 Å². The lowest BCUT2D eigenvalue weighted by molar-refractivity contribution is -0.147. The van der Waals surface area contributed by atoms with Crippen molar-refractivity contribution in [2.24, 2.45) is 0 Å². The Kier molecular flexibility index (Phi) is 4.60. The van der Waals surface area contributed by atoms with Gasteiger partial charge in [0.15, 0.2) is 0 Å². The fourth-order valence-electron chi connectivity index (χ4n) is 1.40. The number of carbonyl (C=O) groups is 4. The number of aliphatic carboxylic acids is 2. The molecule has 0 aliphatic carbocycles. The molecule has 18 heavy (non-hydrogen) atoms. The summed E-state index contributed by atoms with van der Waals surface area (Å²) in [5.41, 5.74) is 0. The van der Waals surface area contributed by atoms with Gasteiger partial charge in [0.2, 0.25) is 11.8 Å². The normalized spacial score (nSPS) is 20.7. The van der Waals surface area contributed by atoms with Crippen molar-refractivity contribution in [2.45, 2.75) is 18.5 Å². The van der Waals surface area contributed by atoms with Crippen molar-refractivity contribution in [2.75, 3.05) is 13.1 Å². The predicted octanol–water partition coefficient (Wildman–Crippen LogP) is -2.88. The third-order valence-corrected chi connectivity index (χ3v) is 2.32. The summed E-state index contributed by atoms with van der Waals surface area (Å²) < 4.78 is 0. The van der Waals surface area contributed by atoms with Crippen LogP contribution in [0.1, 0.15) is 6.42 Å². The fraction of sp³-hybridized carbons (Fsp3) is 0.556. The van der Waals surface area contributed by atoms with Crippen LogP contribution in [0.3, 0.4) is 0 Å². The Labute approximate surface area is 102 Å². The first-order valence-corrected chi connectivity index (χ1v) is 5.15. The van der Waals surface area contributed by atoms with Crippen LogP contribution in [0.25, 0.3) is 0 Å². The first-order valence-electron chi connectivity index (χ1n) is 5.15. The van der Waals surface area contributed by atoms with Gasteiger partial charge >= 0.3 is 11.9 Å². The molecule has 0 radical (unpaired) electrons. The van der Waals surface area contributed by atoms with E-state index in [1.165, 1.54) is 0 Å². The maximum atomic E-state index is 11.6. The summed E-state index contributed by atoms with van der Waals surface area (Å²) in [7, 11) is 0. The second-order valence-corrected chi connectivity index (χ2v) is 3.73. The van der Waals surface area contributed by atoms with E-state index in [4.69, 9.17) is 10.2 Å². The van der Waals surface area contributed by atoms with Crippen LogP contribution in [0, 0.1) is 0 Å². The summed E-state index contributed by atoms with van der Waals surface area (Å²) in [6, 6.07) is -2.26. The number of nitrogens with one attached hydrogen (secondary N) is 3. The smallest absolute Gasteiger partial charge is 0.326 e. The molecule has 0 aromatic carbocycles. The van der Waals surface area contributed by atoms with Crippen LogP contribution in [-0.4, -0.2) is 59.1 Å². The molecule has 0 aromatic rings. The van der Waals surface area contributed by atoms with Crippen molar-refractivity contribution in [3.8, 4) is 0 Å². The summed E-state index contributed by atoms with van der Waals surface area (Å²) >= 11 is 0. The average molecular weight is 259 g/mol. The van der Waals surface area contributed by atoms with Gasteiger partial charge in [-0.15, -0.1) is 0 Å². The second kappa shape index (κ2) is 5.96. The van der Waals surface area contributed by atoms with E-state index in [1.54, 1.807) is 0 Å². The number of hydrogen-bond donors (Lipinski definition) is 5. The van der Waals surface area contributed by atoms with Crippen LogP contribution in [0.2, 0.25) is 0 Å². The Hall–Kier alpha value is -2.16. The molecule has 1 aliphatic heterocycles. The minimum atomic E-state index is -1.49. The topological polar surface area (TPSA) is 145 Å². The fourth-order valence-corrected chi connectivity index (χ4v) is 1.40. The molecule has 2 amide bonds. The number of carboxylic acids is 2. The molecule has 9 heteroatoms. The molecule has 0 bridgehead atoms. The van der Waals surface area contributed by atoms with E-state index in [0.29, 0.717) is 0 Å². The zero-order valence-electron chi connectivity index (χ0n) is 9.30. The van der Waals surface area contributed by atoms with Gasteiger partial charge in [-0.25, -0.2) is 4.79 Å². The molecule has 1 rings (SSSR count). The number of piperazine rings is 1. The Morgan fingerprint density at radius 3 is 2.50 bits per heavy atom. The van der Waals surface area contributed by atoms with Gasteiger partial charge in [0.1, 0.15) is 12.1 Å². The highest BCUT2D eigenvalue weighted by Crippen LogP contribution is 1.96. The van der Waals surface area contributed by atoms with Gasteiger partial charge in [0.05, 0.1) is 13.0 Å². The van der Waals surface area contributed by atoms with E-state index < -0.39 is 36.4 Å². The van der Waals surface area contributed by atoms with Crippen molar-refractivity contribution in [3.05, 3.63) is 0 Å². The molecular formula is C9H13N3O6. The Balaban J connectivity index is 2.53. The second-order valence-electron chi connectivity index (χ2n) is 3.73. The highest BCUT2D eigenvalue weighted by molar-refractivity contribution is 5.91. The molecule has 1 fully saturated rings. The number of amides is 2. The van der Waals surface area contributed by atoms with Crippen LogP contribution in [0.15, 0.2) is 0 Å². The van der Waals surface area contributed by atoms with E-state index in [-0.39, 0.29) is 19.0 Å². The third kappa shape index (κ3) is 4.01. The van der Waals surface area contributed by atoms with E-state index >= 15 is 0 Å². The first kappa shape index (κ1) is 13.9. The summed E-state index contributed by atoms with van der Waals surface area (Å²) in [5.74, 6) is -3.68. The first-order chi connectivity index (χ1) is 8.40. The molecule has 0 aromatic heterocycles. The van der Waals surface area contributed by atoms with E-state index in [9.17, 15) is 19.2 Å². The Morgan fingerprint density at radius 1 is 1.39 bits per heavy atom. The lowest BCUT2D eigenvalue weighted by atomic mass is 10.1. The number of carbonyl (C=O) groups excluding carboxylic acids is 2. The van der Waals surface area contributed by atoms with Gasteiger partial charge in [0, 0.05) is 6.54 Å². The summed E-state index contributed by atoms with van der Waals surface area (Å²) in [6.07, 6.45) is -0.708. The van der Waals surface area contributed by atoms with Gasteiger partial charge in [-0.2, -0.15) is 0 Å². The molecular weight excluding hydrogens is 246 g/mol. The highest BCUT2D eigenvalue weighted by Gasteiger charge is 2.29.